The Hall–Kier alpha value is -1.81. The van der Waals surface area contributed by atoms with Crippen LogP contribution in [-0.4, -0.2) is 40.6 Å². The summed E-state index contributed by atoms with van der Waals surface area (Å²) in [6.07, 6.45) is 5.59. The van der Waals surface area contributed by atoms with E-state index in [0.29, 0.717) is 5.56 Å². The van der Waals surface area contributed by atoms with Crippen LogP contribution >= 0.6 is 0 Å². The number of rotatable bonds is 4. The number of carbonyl (C=O) groups is 1. The Balaban J connectivity index is 1.81. The summed E-state index contributed by atoms with van der Waals surface area (Å²) in [7, 11) is 0. The maximum Gasteiger partial charge on any atom is 0.335 e. The van der Waals surface area contributed by atoms with Gasteiger partial charge in [0.05, 0.1) is 5.56 Å². The van der Waals surface area contributed by atoms with Crippen LogP contribution in [0.2, 0.25) is 0 Å². The predicted molar refractivity (Wildman–Crippen MR) is 74.6 cm³/mol. The van der Waals surface area contributed by atoms with E-state index in [0.717, 1.165) is 23.9 Å². The lowest BCUT2D eigenvalue weighted by Crippen LogP contribution is -2.21. The molecule has 0 unspecified atom stereocenters. The fourth-order valence-corrected chi connectivity index (χ4v) is 2.80. The molecule has 2 aromatic rings. The number of benzene rings is 1. The first-order valence-electron chi connectivity index (χ1n) is 6.80. The lowest BCUT2D eigenvalue weighted by Gasteiger charge is -2.13. The molecule has 1 aliphatic rings. The molecule has 0 bridgehead atoms. The van der Waals surface area contributed by atoms with Gasteiger partial charge in [-0.05, 0) is 56.1 Å². The van der Waals surface area contributed by atoms with Crippen molar-refractivity contribution in [3.8, 4) is 0 Å². The summed E-state index contributed by atoms with van der Waals surface area (Å²) < 4.78 is 0. The van der Waals surface area contributed by atoms with E-state index in [1.165, 1.54) is 31.5 Å². The first kappa shape index (κ1) is 12.2. The number of likely N-dealkylation sites (tertiary alicyclic amines) is 1. The molecule has 100 valence electrons. The molecule has 0 spiro atoms. The molecule has 0 saturated carbocycles. The van der Waals surface area contributed by atoms with E-state index in [-0.39, 0.29) is 0 Å². The summed E-state index contributed by atoms with van der Waals surface area (Å²) >= 11 is 0. The van der Waals surface area contributed by atoms with E-state index in [9.17, 15) is 4.79 Å². The van der Waals surface area contributed by atoms with Crippen LogP contribution in [0.4, 0.5) is 0 Å². The van der Waals surface area contributed by atoms with Gasteiger partial charge in [-0.1, -0.05) is 0 Å². The smallest absolute Gasteiger partial charge is 0.335 e. The van der Waals surface area contributed by atoms with Crippen molar-refractivity contribution in [2.45, 2.75) is 19.3 Å². The van der Waals surface area contributed by atoms with Crippen LogP contribution in [0.5, 0.6) is 0 Å². The van der Waals surface area contributed by atoms with Gasteiger partial charge < -0.3 is 15.0 Å². The summed E-state index contributed by atoms with van der Waals surface area (Å²) in [6.45, 7) is 3.45. The van der Waals surface area contributed by atoms with E-state index in [1.807, 2.05) is 12.3 Å². The molecule has 0 aliphatic carbocycles. The van der Waals surface area contributed by atoms with E-state index in [1.54, 1.807) is 12.1 Å². The average Bonchev–Trinajstić information content (AvgIpc) is 3.05. The van der Waals surface area contributed by atoms with Crippen molar-refractivity contribution in [1.82, 2.24) is 9.88 Å². The molecule has 1 aromatic carbocycles. The van der Waals surface area contributed by atoms with Crippen molar-refractivity contribution < 1.29 is 9.90 Å². The Morgan fingerprint density at radius 3 is 2.84 bits per heavy atom. The first-order chi connectivity index (χ1) is 9.24. The molecule has 0 radical (unpaired) electrons. The Morgan fingerprint density at radius 2 is 2.11 bits per heavy atom. The SMILES string of the molecule is O=C(O)c1ccc2[nH]cc(CCN3CCCC3)c2c1. The fourth-order valence-electron chi connectivity index (χ4n) is 2.80. The molecule has 0 atom stereocenters. The third kappa shape index (κ3) is 2.49. The van der Waals surface area contributed by atoms with Crippen molar-refractivity contribution in [2.75, 3.05) is 19.6 Å². The lowest BCUT2D eigenvalue weighted by atomic mass is 10.1. The van der Waals surface area contributed by atoms with Crippen molar-refractivity contribution in [3.05, 3.63) is 35.5 Å². The maximum atomic E-state index is 11.0. The van der Waals surface area contributed by atoms with Gasteiger partial charge in [-0.15, -0.1) is 0 Å². The number of carboxylic acids is 1. The zero-order valence-corrected chi connectivity index (χ0v) is 10.9. The molecular formula is C15H18N2O2. The summed E-state index contributed by atoms with van der Waals surface area (Å²) in [5.41, 5.74) is 2.58. The minimum absolute atomic E-state index is 0.356. The third-order valence-electron chi connectivity index (χ3n) is 3.91. The number of carboxylic acid groups (broad SMARTS) is 1. The minimum Gasteiger partial charge on any atom is -0.478 e. The lowest BCUT2D eigenvalue weighted by molar-refractivity contribution is 0.0697. The highest BCUT2D eigenvalue weighted by Crippen LogP contribution is 2.21. The average molecular weight is 258 g/mol. The predicted octanol–water partition coefficient (Wildman–Crippen LogP) is 2.50. The van der Waals surface area contributed by atoms with E-state index in [4.69, 9.17) is 5.11 Å². The standard InChI is InChI=1S/C15H18N2O2/c18-15(19)11-3-4-14-13(9-11)12(10-16-14)5-8-17-6-1-2-7-17/h3-4,9-10,16H,1-2,5-8H2,(H,18,19). The molecule has 1 aliphatic heterocycles. The molecule has 1 fully saturated rings. The fraction of sp³-hybridized carbons (Fsp3) is 0.400. The van der Waals surface area contributed by atoms with Crippen molar-refractivity contribution >= 4 is 16.9 Å². The van der Waals surface area contributed by atoms with Crippen molar-refractivity contribution in [1.29, 1.82) is 0 Å². The second-order valence-electron chi connectivity index (χ2n) is 5.18. The number of nitrogens with one attached hydrogen (secondary N) is 1. The van der Waals surface area contributed by atoms with Gasteiger partial charge in [-0.2, -0.15) is 0 Å². The molecule has 2 N–H and O–H groups in total. The number of aromatic amines is 1. The molecule has 19 heavy (non-hydrogen) atoms. The molecule has 2 heterocycles. The maximum absolute atomic E-state index is 11.0. The molecule has 1 aromatic heterocycles. The second kappa shape index (κ2) is 5.05. The van der Waals surface area contributed by atoms with E-state index in [2.05, 4.69) is 9.88 Å². The molecule has 4 nitrogen and oxygen atoms in total. The van der Waals surface area contributed by atoms with Gasteiger partial charge in [0.1, 0.15) is 0 Å². The number of aromatic nitrogens is 1. The van der Waals surface area contributed by atoms with Gasteiger partial charge in [-0.25, -0.2) is 4.79 Å². The van der Waals surface area contributed by atoms with Gasteiger partial charge in [0, 0.05) is 23.6 Å². The van der Waals surface area contributed by atoms with Gasteiger partial charge in [0.25, 0.3) is 0 Å². The van der Waals surface area contributed by atoms with Crippen LogP contribution in [0.3, 0.4) is 0 Å². The highest BCUT2D eigenvalue weighted by atomic mass is 16.4. The normalized spacial score (nSPS) is 16.2. The van der Waals surface area contributed by atoms with E-state index < -0.39 is 5.97 Å². The summed E-state index contributed by atoms with van der Waals surface area (Å²) in [6, 6.07) is 5.26. The van der Waals surface area contributed by atoms with Crippen molar-refractivity contribution in [2.24, 2.45) is 0 Å². The molecule has 0 amide bonds. The van der Waals surface area contributed by atoms with Crippen LogP contribution in [0, 0.1) is 0 Å². The van der Waals surface area contributed by atoms with Gasteiger partial charge in [0.15, 0.2) is 0 Å². The Morgan fingerprint density at radius 1 is 1.32 bits per heavy atom. The molecule has 1 saturated heterocycles. The Labute approximate surface area is 112 Å². The number of nitrogens with zero attached hydrogens (tertiary/aromatic N) is 1. The molecule has 3 rings (SSSR count). The van der Waals surface area contributed by atoms with Gasteiger partial charge in [-0.3, -0.25) is 0 Å². The van der Waals surface area contributed by atoms with Gasteiger partial charge >= 0.3 is 5.97 Å². The summed E-state index contributed by atoms with van der Waals surface area (Å²) in [5.74, 6) is -0.867. The van der Waals surface area contributed by atoms with Crippen LogP contribution in [0.1, 0.15) is 28.8 Å². The van der Waals surface area contributed by atoms with Crippen LogP contribution in [0.15, 0.2) is 24.4 Å². The molecule has 4 heteroatoms. The minimum atomic E-state index is -0.867. The quantitative estimate of drug-likeness (QED) is 0.886. The zero-order chi connectivity index (χ0) is 13.2. The topological polar surface area (TPSA) is 56.3 Å². The zero-order valence-electron chi connectivity index (χ0n) is 10.9. The summed E-state index contributed by atoms with van der Waals surface area (Å²) in [5, 5.41) is 10.1. The third-order valence-corrected chi connectivity index (χ3v) is 3.91. The van der Waals surface area contributed by atoms with Crippen LogP contribution < -0.4 is 0 Å². The summed E-state index contributed by atoms with van der Waals surface area (Å²) in [4.78, 5) is 16.7. The van der Waals surface area contributed by atoms with Crippen molar-refractivity contribution in [3.63, 3.8) is 0 Å². The highest BCUT2D eigenvalue weighted by molar-refractivity contribution is 5.94. The molecular weight excluding hydrogens is 240 g/mol. The highest BCUT2D eigenvalue weighted by Gasteiger charge is 2.13. The number of fused-ring (bicyclic) bond motifs is 1. The number of aromatic carboxylic acids is 1. The van der Waals surface area contributed by atoms with Crippen LogP contribution in [0.25, 0.3) is 10.9 Å². The monoisotopic (exact) mass is 258 g/mol. The van der Waals surface area contributed by atoms with Gasteiger partial charge in [0.2, 0.25) is 0 Å². The van der Waals surface area contributed by atoms with E-state index >= 15 is 0 Å². The first-order valence-corrected chi connectivity index (χ1v) is 6.80. The number of H-pyrrole nitrogens is 1. The Bertz CT molecular complexity index is 597. The second-order valence-corrected chi connectivity index (χ2v) is 5.18. The largest absolute Gasteiger partial charge is 0.478 e. The Kier molecular flexibility index (Phi) is 3.25. The number of hydrogen-bond acceptors (Lipinski definition) is 2. The van der Waals surface area contributed by atoms with Crippen LogP contribution in [-0.2, 0) is 6.42 Å². The number of hydrogen-bond donors (Lipinski definition) is 2.